The largest absolute Gasteiger partial charge is 0.396 e. The van der Waals surface area contributed by atoms with E-state index >= 15 is 0 Å². The molecule has 0 aliphatic heterocycles. The molecule has 4 aromatic rings. The van der Waals surface area contributed by atoms with Crippen molar-refractivity contribution < 1.29 is 5.11 Å². The van der Waals surface area contributed by atoms with E-state index in [1.807, 2.05) is 6.92 Å². The number of allylic oxidation sites excluding steroid dienone is 1. The van der Waals surface area contributed by atoms with Gasteiger partial charge in [-0.05, 0) is 71.6 Å². The Morgan fingerprint density at radius 1 is 0.676 bits per heavy atom. The fraction of sp³-hybridized carbons (Fsp3) is 0.278. The van der Waals surface area contributed by atoms with Gasteiger partial charge in [-0.3, -0.25) is 0 Å². The van der Waals surface area contributed by atoms with E-state index < -0.39 is 0 Å². The number of aliphatic hydroxyl groups is 1. The molecule has 0 aromatic heterocycles. The molecular formula is C36H42O. The fourth-order valence-electron chi connectivity index (χ4n) is 4.63. The Hall–Kier alpha value is -3.42. The third kappa shape index (κ3) is 8.03. The van der Waals surface area contributed by atoms with Crippen LogP contribution in [-0.2, 0) is 12.8 Å². The lowest BCUT2D eigenvalue weighted by Gasteiger charge is -2.12. The summed E-state index contributed by atoms with van der Waals surface area (Å²) in [5, 5.41) is 7.88. The molecule has 1 heteroatoms. The minimum Gasteiger partial charge on any atom is -0.396 e. The highest BCUT2D eigenvalue weighted by atomic mass is 16.2. The van der Waals surface area contributed by atoms with Gasteiger partial charge in [0.1, 0.15) is 0 Å². The van der Waals surface area contributed by atoms with Crippen molar-refractivity contribution in [1.82, 2.24) is 0 Å². The minimum atomic E-state index is 0.319. The second-order valence-electron chi connectivity index (χ2n) is 9.61. The van der Waals surface area contributed by atoms with Crippen molar-refractivity contribution in [2.45, 2.75) is 59.3 Å². The summed E-state index contributed by atoms with van der Waals surface area (Å²) < 4.78 is 0. The normalized spacial score (nSPS) is 12.4. The number of benzene rings is 4. The van der Waals surface area contributed by atoms with Crippen molar-refractivity contribution in [2.24, 2.45) is 0 Å². The summed E-state index contributed by atoms with van der Waals surface area (Å²) in [6.45, 7) is 8.83. The highest BCUT2D eigenvalue weighted by Gasteiger charge is 2.16. The van der Waals surface area contributed by atoms with Crippen molar-refractivity contribution >= 4 is 5.57 Å². The molecule has 37 heavy (non-hydrogen) atoms. The molecule has 192 valence electrons. The van der Waals surface area contributed by atoms with Crippen molar-refractivity contribution in [3.63, 3.8) is 0 Å². The summed E-state index contributed by atoms with van der Waals surface area (Å²) in [6, 6.07) is 37.1. The zero-order valence-corrected chi connectivity index (χ0v) is 23.0. The highest BCUT2D eigenvalue weighted by Crippen LogP contribution is 2.33. The van der Waals surface area contributed by atoms with E-state index in [0.29, 0.717) is 12.5 Å². The van der Waals surface area contributed by atoms with E-state index in [-0.39, 0.29) is 0 Å². The third-order valence-electron chi connectivity index (χ3n) is 6.79. The van der Waals surface area contributed by atoms with Gasteiger partial charge >= 0.3 is 0 Å². The predicted octanol–water partition coefficient (Wildman–Crippen LogP) is 9.16. The van der Waals surface area contributed by atoms with Crippen LogP contribution in [0.3, 0.4) is 0 Å². The summed E-state index contributed by atoms with van der Waals surface area (Å²) in [4.78, 5) is 0. The number of aliphatic hydroxyl groups excluding tert-OH is 1. The number of hydrogen-bond acceptors (Lipinski definition) is 1. The molecule has 5 rings (SSSR count). The van der Waals surface area contributed by atoms with E-state index in [1.165, 1.54) is 44.5 Å². The fourth-order valence-corrected chi connectivity index (χ4v) is 4.63. The predicted molar refractivity (Wildman–Crippen MR) is 160 cm³/mol. The molecule has 1 nitrogen and oxygen atoms in total. The molecular weight excluding hydrogens is 448 g/mol. The topological polar surface area (TPSA) is 20.2 Å². The maximum atomic E-state index is 7.88. The average Bonchev–Trinajstić information content (AvgIpc) is 3.11. The van der Waals surface area contributed by atoms with Gasteiger partial charge in [-0.1, -0.05) is 136 Å². The average molecular weight is 491 g/mol. The van der Waals surface area contributed by atoms with Crippen molar-refractivity contribution in [1.29, 1.82) is 0 Å². The molecule has 0 bridgehead atoms. The number of fused-ring (bicyclic) bond motifs is 2. The lowest BCUT2D eigenvalue weighted by atomic mass is 9.93. The quantitative estimate of drug-likeness (QED) is 0.302. The van der Waals surface area contributed by atoms with E-state index in [0.717, 1.165) is 25.7 Å². The van der Waals surface area contributed by atoms with Gasteiger partial charge in [-0.25, -0.2) is 0 Å². The first kappa shape index (κ1) is 28.2. The van der Waals surface area contributed by atoms with Crippen molar-refractivity contribution in [3.05, 3.63) is 148 Å². The number of hydrogen-bond donors (Lipinski definition) is 1. The smallest absolute Gasteiger partial charge is 0.0428 e. The minimum absolute atomic E-state index is 0.319. The van der Waals surface area contributed by atoms with Crippen LogP contribution in [0.1, 0.15) is 78.5 Å². The zero-order chi connectivity index (χ0) is 26.5. The molecule has 0 spiro atoms. The summed E-state index contributed by atoms with van der Waals surface area (Å²) in [5.41, 5.74) is 11.3. The third-order valence-corrected chi connectivity index (χ3v) is 6.79. The Bertz CT molecular complexity index is 1180. The number of rotatable bonds is 4. The molecule has 0 amide bonds. The van der Waals surface area contributed by atoms with Gasteiger partial charge in [0.2, 0.25) is 0 Å². The van der Waals surface area contributed by atoms with Crippen LogP contribution in [0, 0.1) is 6.92 Å². The molecule has 0 saturated heterocycles. The van der Waals surface area contributed by atoms with Gasteiger partial charge in [0.05, 0.1) is 0 Å². The maximum absolute atomic E-state index is 7.88. The Kier molecular flexibility index (Phi) is 11.4. The summed E-state index contributed by atoms with van der Waals surface area (Å²) in [6.07, 6.45) is 6.61. The first-order chi connectivity index (χ1) is 18.1. The van der Waals surface area contributed by atoms with E-state index in [2.05, 4.69) is 130 Å². The standard InChI is InChI=1S/C18H18.C15H16.C3H8O/c1-2-7-18-16-10-5-3-8-14(16)12-13-15-9-4-6-11-17(15)18;1-12-8-10-15(11-9-12)13(2)14-6-4-3-5-7-14;1-2-3-4/h3-11H,2,12-13H2,1H3;3-11,13H,1-2H3;4H,2-3H2,1H3. The Labute approximate surface area is 224 Å². The number of aryl methyl sites for hydroxylation is 3. The van der Waals surface area contributed by atoms with E-state index in [9.17, 15) is 0 Å². The van der Waals surface area contributed by atoms with Crippen LogP contribution in [-0.4, -0.2) is 11.7 Å². The SMILES string of the molecule is CCC=C1c2ccccc2CCc2ccccc21.CCCO.Cc1ccc(C(C)c2ccccc2)cc1. The molecule has 1 unspecified atom stereocenters. The van der Waals surface area contributed by atoms with Crippen LogP contribution in [0.4, 0.5) is 0 Å². The second kappa shape index (κ2) is 15.0. The van der Waals surface area contributed by atoms with Gasteiger partial charge in [0, 0.05) is 12.5 Å². The summed E-state index contributed by atoms with van der Waals surface area (Å²) in [7, 11) is 0. The Morgan fingerprint density at radius 2 is 1.14 bits per heavy atom. The van der Waals surface area contributed by atoms with Crippen molar-refractivity contribution in [2.75, 3.05) is 6.61 Å². The molecule has 1 atom stereocenters. The van der Waals surface area contributed by atoms with Crippen LogP contribution < -0.4 is 0 Å². The zero-order valence-electron chi connectivity index (χ0n) is 23.0. The molecule has 0 fully saturated rings. The van der Waals surface area contributed by atoms with Crippen LogP contribution >= 0.6 is 0 Å². The van der Waals surface area contributed by atoms with Gasteiger partial charge in [-0.2, -0.15) is 0 Å². The molecule has 1 aliphatic rings. The highest BCUT2D eigenvalue weighted by molar-refractivity contribution is 5.83. The van der Waals surface area contributed by atoms with Crippen LogP contribution in [0.15, 0.2) is 109 Å². The van der Waals surface area contributed by atoms with Crippen LogP contribution in [0.5, 0.6) is 0 Å². The lowest BCUT2D eigenvalue weighted by molar-refractivity contribution is 0.295. The van der Waals surface area contributed by atoms with E-state index in [4.69, 9.17) is 5.11 Å². The van der Waals surface area contributed by atoms with E-state index in [1.54, 1.807) is 0 Å². The second-order valence-corrected chi connectivity index (χ2v) is 9.61. The van der Waals surface area contributed by atoms with Gasteiger partial charge in [-0.15, -0.1) is 0 Å². The Morgan fingerprint density at radius 3 is 1.62 bits per heavy atom. The molecule has 0 radical (unpaired) electrons. The van der Waals surface area contributed by atoms with Gasteiger partial charge < -0.3 is 5.11 Å². The van der Waals surface area contributed by atoms with Crippen molar-refractivity contribution in [3.8, 4) is 0 Å². The maximum Gasteiger partial charge on any atom is 0.0428 e. The molecule has 0 saturated carbocycles. The van der Waals surface area contributed by atoms with Gasteiger partial charge in [0.15, 0.2) is 0 Å². The molecule has 1 aliphatic carbocycles. The molecule has 4 aromatic carbocycles. The monoisotopic (exact) mass is 490 g/mol. The van der Waals surface area contributed by atoms with Crippen LogP contribution in [0.25, 0.3) is 5.57 Å². The molecule has 1 N–H and O–H groups in total. The first-order valence-electron chi connectivity index (χ1n) is 13.7. The summed E-state index contributed by atoms with van der Waals surface area (Å²) >= 11 is 0. The molecule has 0 heterocycles. The Balaban J connectivity index is 0.000000182. The first-order valence-corrected chi connectivity index (χ1v) is 13.7. The van der Waals surface area contributed by atoms with Gasteiger partial charge in [0.25, 0.3) is 0 Å². The van der Waals surface area contributed by atoms with Crippen LogP contribution in [0.2, 0.25) is 0 Å². The lowest BCUT2D eigenvalue weighted by Crippen LogP contribution is -1.95. The summed E-state index contributed by atoms with van der Waals surface area (Å²) in [5.74, 6) is 0.479.